The highest BCUT2D eigenvalue weighted by Gasteiger charge is 2.31. The fourth-order valence-electron chi connectivity index (χ4n) is 4.67. The number of aromatic nitrogens is 1. The number of sulfonamides is 1. The second kappa shape index (κ2) is 10.3. The SMILES string of the molecule is CCC(=O)Nc1ccc2c(-c3cccc(C(N)S)c3)cn(C3CCN(S(=O)(=O)C(C)C)CC3)c2c1. The Labute approximate surface area is 213 Å². The van der Waals surface area contributed by atoms with Crippen LogP contribution in [0.5, 0.6) is 0 Å². The molecule has 0 bridgehead atoms. The van der Waals surface area contributed by atoms with Gasteiger partial charge in [0.1, 0.15) is 0 Å². The highest BCUT2D eigenvalue weighted by molar-refractivity contribution is 7.89. The van der Waals surface area contributed by atoms with E-state index in [1.54, 1.807) is 18.2 Å². The fourth-order valence-corrected chi connectivity index (χ4v) is 6.15. The van der Waals surface area contributed by atoms with Crippen LogP contribution in [-0.4, -0.2) is 41.5 Å². The number of nitrogens with zero attached hydrogens (tertiary/aromatic N) is 2. The van der Waals surface area contributed by atoms with Gasteiger partial charge in [0.2, 0.25) is 15.9 Å². The van der Waals surface area contributed by atoms with Gasteiger partial charge in [-0.3, -0.25) is 4.79 Å². The Morgan fingerprint density at radius 1 is 1.17 bits per heavy atom. The van der Waals surface area contributed by atoms with Crippen LogP contribution in [0.2, 0.25) is 0 Å². The lowest BCUT2D eigenvalue weighted by atomic mass is 10.0. The van der Waals surface area contributed by atoms with Crippen LogP contribution in [0.15, 0.2) is 48.7 Å². The number of rotatable bonds is 7. The van der Waals surface area contributed by atoms with Crippen molar-refractivity contribution in [2.24, 2.45) is 5.73 Å². The monoisotopic (exact) mass is 514 g/mol. The lowest BCUT2D eigenvalue weighted by Crippen LogP contribution is -2.42. The van der Waals surface area contributed by atoms with E-state index < -0.39 is 15.3 Å². The van der Waals surface area contributed by atoms with Crippen LogP contribution >= 0.6 is 12.6 Å². The molecule has 1 aromatic heterocycles. The maximum atomic E-state index is 12.7. The van der Waals surface area contributed by atoms with Gasteiger partial charge in [-0.15, -0.1) is 0 Å². The second-order valence-corrected chi connectivity index (χ2v) is 12.4. The summed E-state index contributed by atoms with van der Waals surface area (Å²) in [4.78, 5) is 12.0. The number of nitrogens with two attached hydrogens (primary N) is 1. The topological polar surface area (TPSA) is 97.4 Å². The van der Waals surface area contributed by atoms with E-state index >= 15 is 0 Å². The molecule has 2 heterocycles. The fraction of sp³-hybridized carbons (Fsp3) is 0.423. The molecule has 1 fully saturated rings. The smallest absolute Gasteiger partial charge is 0.224 e. The first kappa shape index (κ1) is 25.8. The first-order valence-electron chi connectivity index (χ1n) is 12.1. The van der Waals surface area contributed by atoms with E-state index in [-0.39, 0.29) is 17.3 Å². The quantitative estimate of drug-likeness (QED) is 0.308. The van der Waals surface area contributed by atoms with E-state index in [4.69, 9.17) is 5.73 Å². The minimum Gasteiger partial charge on any atom is -0.344 e. The number of thiol groups is 1. The number of carbonyl (C=O) groups is 1. The number of piperidine rings is 1. The summed E-state index contributed by atoms with van der Waals surface area (Å²) < 4.78 is 29.2. The van der Waals surface area contributed by atoms with Crippen LogP contribution in [0.4, 0.5) is 5.69 Å². The molecule has 1 unspecified atom stereocenters. The Kier molecular flexibility index (Phi) is 7.61. The van der Waals surface area contributed by atoms with Crippen LogP contribution in [-0.2, 0) is 14.8 Å². The number of carbonyl (C=O) groups excluding carboxylic acids is 1. The minimum atomic E-state index is -3.26. The molecule has 1 atom stereocenters. The van der Waals surface area contributed by atoms with Crippen molar-refractivity contribution in [3.05, 3.63) is 54.2 Å². The predicted molar refractivity (Wildman–Crippen MR) is 146 cm³/mol. The summed E-state index contributed by atoms with van der Waals surface area (Å²) in [6.07, 6.45) is 4.00. The molecule has 4 rings (SSSR count). The molecule has 1 aliphatic rings. The Morgan fingerprint density at radius 3 is 2.51 bits per heavy atom. The van der Waals surface area contributed by atoms with E-state index in [0.29, 0.717) is 19.5 Å². The Bertz CT molecular complexity index is 1320. The van der Waals surface area contributed by atoms with Gasteiger partial charge in [0.05, 0.1) is 16.1 Å². The van der Waals surface area contributed by atoms with Crippen molar-refractivity contribution in [2.45, 2.75) is 56.7 Å². The first-order valence-corrected chi connectivity index (χ1v) is 14.1. The van der Waals surface area contributed by atoms with E-state index in [1.807, 2.05) is 37.3 Å². The lowest BCUT2D eigenvalue weighted by Gasteiger charge is -2.33. The van der Waals surface area contributed by atoms with Gasteiger partial charge in [-0.1, -0.05) is 31.2 Å². The number of anilines is 1. The summed E-state index contributed by atoms with van der Waals surface area (Å²) in [6, 6.07) is 14.2. The van der Waals surface area contributed by atoms with E-state index in [1.165, 1.54) is 0 Å². The van der Waals surface area contributed by atoms with Crippen molar-refractivity contribution in [2.75, 3.05) is 18.4 Å². The molecule has 188 valence electrons. The van der Waals surface area contributed by atoms with Crippen LogP contribution in [0.1, 0.15) is 57.0 Å². The van der Waals surface area contributed by atoms with Crippen molar-refractivity contribution in [1.29, 1.82) is 0 Å². The Hall–Kier alpha value is -2.33. The number of nitrogens with one attached hydrogen (secondary N) is 1. The molecule has 3 aromatic rings. The van der Waals surface area contributed by atoms with Crippen molar-refractivity contribution >= 4 is 45.1 Å². The lowest BCUT2D eigenvalue weighted by molar-refractivity contribution is -0.115. The molecule has 35 heavy (non-hydrogen) atoms. The van der Waals surface area contributed by atoms with Gasteiger partial charge in [-0.25, -0.2) is 12.7 Å². The molecular weight excluding hydrogens is 480 g/mol. The molecule has 1 aliphatic heterocycles. The molecule has 0 aliphatic carbocycles. The Balaban J connectivity index is 1.75. The number of fused-ring (bicyclic) bond motifs is 1. The highest BCUT2D eigenvalue weighted by atomic mass is 32.2. The first-order chi connectivity index (χ1) is 16.6. The van der Waals surface area contributed by atoms with Crippen LogP contribution < -0.4 is 11.1 Å². The van der Waals surface area contributed by atoms with E-state index in [2.05, 4.69) is 40.8 Å². The predicted octanol–water partition coefficient (Wildman–Crippen LogP) is 4.92. The third-order valence-corrected chi connectivity index (χ3v) is 9.33. The summed E-state index contributed by atoms with van der Waals surface area (Å²) in [5.41, 5.74) is 10.8. The third-order valence-electron chi connectivity index (χ3n) is 6.75. The van der Waals surface area contributed by atoms with Gasteiger partial charge in [0, 0.05) is 48.4 Å². The van der Waals surface area contributed by atoms with Crippen molar-refractivity contribution < 1.29 is 13.2 Å². The van der Waals surface area contributed by atoms with Gasteiger partial charge in [-0.05, 0) is 56.0 Å². The summed E-state index contributed by atoms with van der Waals surface area (Å²) in [7, 11) is -3.26. The molecule has 7 nitrogen and oxygen atoms in total. The highest BCUT2D eigenvalue weighted by Crippen LogP contribution is 2.38. The normalized spacial score (nSPS) is 16.6. The molecule has 2 aromatic carbocycles. The summed E-state index contributed by atoms with van der Waals surface area (Å²) >= 11 is 4.39. The summed E-state index contributed by atoms with van der Waals surface area (Å²) in [5, 5.41) is 3.24. The molecular formula is C26H34N4O3S2. The van der Waals surface area contributed by atoms with Gasteiger partial charge in [0.25, 0.3) is 0 Å². The zero-order chi connectivity index (χ0) is 25.3. The standard InChI is InChI=1S/C26H34N4O3S2/c1-4-25(31)28-20-8-9-22-23(18-6-5-7-19(14-18)26(27)34)16-30(24(22)15-20)21-10-12-29(13-11-21)35(32,33)17(2)3/h5-9,14-17,21,26,34H,4,10-13,27H2,1-3H3,(H,28,31). The molecule has 0 radical (unpaired) electrons. The average molecular weight is 515 g/mol. The van der Waals surface area contributed by atoms with Crippen LogP contribution in [0, 0.1) is 0 Å². The molecule has 0 saturated carbocycles. The average Bonchev–Trinajstić information content (AvgIpc) is 3.23. The minimum absolute atomic E-state index is 0.0367. The molecule has 0 spiro atoms. The van der Waals surface area contributed by atoms with E-state index in [9.17, 15) is 13.2 Å². The van der Waals surface area contributed by atoms with Gasteiger partial charge in [-0.2, -0.15) is 12.6 Å². The van der Waals surface area contributed by atoms with Crippen molar-refractivity contribution in [3.63, 3.8) is 0 Å². The largest absolute Gasteiger partial charge is 0.344 e. The van der Waals surface area contributed by atoms with E-state index in [0.717, 1.165) is 46.1 Å². The zero-order valence-corrected chi connectivity index (χ0v) is 22.1. The third kappa shape index (κ3) is 5.28. The van der Waals surface area contributed by atoms with Crippen LogP contribution in [0.25, 0.3) is 22.0 Å². The summed E-state index contributed by atoms with van der Waals surface area (Å²) in [5.74, 6) is -0.0367. The van der Waals surface area contributed by atoms with Crippen molar-refractivity contribution in [3.8, 4) is 11.1 Å². The second-order valence-electron chi connectivity index (χ2n) is 9.38. The molecule has 1 saturated heterocycles. The zero-order valence-electron chi connectivity index (χ0n) is 20.4. The van der Waals surface area contributed by atoms with Gasteiger partial charge in [0.15, 0.2) is 0 Å². The summed E-state index contributed by atoms with van der Waals surface area (Å²) in [6.45, 7) is 6.27. The van der Waals surface area contributed by atoms with Crippen molar-refractivity contribution in [1.82, 2.24) is 8.87 Å². The van der Waals surface area contributed by atoms with Crippen LogP contribution in [0.3, 0.4) is 0 Å². The molecule has 1 amide bonds. The maximum Gasteiger partial charge on any atom is 0.224 e. The molecule has 9 heteroatoms. The number of hydrogen-bond acceptors (Lipinski definition) is 5. The molecule has 3 N–H and O–H groups in total. The number of benzene rings is 2. The number of amides is 1. The Morgan fingerprint density at radius 2 is 1.89 bits per heavy atom. The van der Waals surface area contributed by atoms with Gasteiger partial charge >= 0.3 is 0 Å². The number of hydrogen-bond donors (Lipinski definition) is 3. The van der Waals surface area contributed by atoms with Gasteiger partial charge < -0.3 is 15.6 Å². The maximum absolute atomic E-state index is 12.7.